The van der Waals surface area contributed by atoms with Gasteiger partial charge in [-0.25, -0.2) is 4.98 Å². The minimum absolute atomic E-state index is 0.0163. The highest BCUT2D eigenvalue weighted by Crippen LogP contribution is 2.28. The van der Waals surface area contributed by atoms with Crippen molar-refractivity contribution in [3.05, 3.63) is 6.33 Å². The second kappa shape index (κ2) is 7.00. The Morgan fingerprint density at radius 1 is 1.44 bits per heavy atom. The molecular formula is C12H22N4O2. The number of nitrogens with two attached hydrogens (primary N) is 1. The fourth-order valence-corrected chi connectivity index (χ4v) is 1.62. The van der Waals surface area contributed by atoms with Gasteiger partial charge >= 0.3 is 0 Å². The summed E-state index contributed by atoms with van der Waals surface area (Å²) in [5.41, 5.74) is 6.48. The second-order valence-corrected chi connectivity index (χ2v) is 4.24. The van der Waals surface area contributed by atoms with E-state index >= 15 is 0 Å². The zero-order valence-electron chi connectivity index (χ0n) is 11.3. The Bertz CT molecular complexity index is 371. The number of anilines is 2. The number of nitrogens with zero attached hydrogens (tertiary/aromatic N) is 3. The van der Waals surface area contributed by atoms with Gasteiger partial charge in [-0.15, -0.1) is 0 Å². The van der Waals surface area contributed by atoms with Crippen molar-refractivity contribution in [1.29, 1.82) is 0 Å². The molecule has 1 heterocycles. The lowest BCUT2D eigenvalue weighted by atomic mass is 10.3. The molecule has 0 aliphatic carbocycles. The van der Waals surface area contributed by atoms with Gasteiger partial charge in [0, 0.05) is 19.7 Å². The zero-order chi connectivity index (χ0) is 13.5. The molecule has 1 aromatic heterocycles. The average molecular weight is 254 g/mol. The number of ether oxygens (including phenoxy) is 1. The molecule has 6 nitrogen and oxygen atoms in total. The Balaban J connectivity index is 2.93. The maximum atomic E-state index is 8.89. The first-order valence-corrected chi connectivity index (χ1v) is 6.23. The summed E-state index contributed by atoms with van der Waals surface area (Å²) in [6.07, 6.45) is 2.14. The van der Waals surface area contributed by atoms with Crippen LogP contribution in [0.5, 0.6) is 5.88 Å². The van der Waals surface area contributed by atoms with Gasteiger partial charge in [-0.1, -0.05) is 0 Å². The van der Waals surface area contributed by atoms with Crippen LogP contribution in [0, 0.1) is 0 Å². The van der Waals surface area contributed by atoms with Crippen LogP contribution in [0.3, 0.4) is 0 Å². The highest BCUT2D eigenvalue weighted by Gasteiger charge is 2.15. The summed E-state index contributed by atoms with van der Waals surface area (Å²) >= 11 is 0. The summed E-state index contributed by atoms with van der Waals surface area (Å²) in [6, 6.07) is 0. The minimum atomic E-state index is 0.0163. The summed E-state index contributed by atoms with van der Waals surface area (Å²) in [5.74, 6) is 1.08. The van der Waals surface area contributed by atoms with E-state index in [0.29, 0.717) is 30.4 Å². The Hall–Kier alpha value is -1.56. The molecule has 0 amide bonds. The Kier molecular flexibility index (Phi) is 5.64. The standard InChI is InChI=1S/C12H22N4O2/c1-4-16(6-5-7-17)11-10(13)12(15-8-14-11)18-9(2)3/h8-9,17H,4-7,13H2,1-3H3. The molecule has 0 fully saturated rings. The molecule has 1 aromatic rings. The summed E-state index contributed by atoms with van der Waals surface area (Å²) in [7, 11) is 0. The van der Waals surface area contributed by atoms with E-state index in [1.54, 1.807) is 0 Å². The number of aliphatic hydroxyl groups is 1. The van der Waals surface area contributed by atoms with Crippen molar-refractivity contribution in [2.45, 2.75) is 33.3 Å². The molecule has 0 spiro atoms. The van der Waals surface area contributed by atoms with Crippen LogP contribution in [0.1, 0.15) is 27.2 Å². The molecule has 0 aliphatic heterocycles. The quantitative estimate of drug-likeness (QED) is 0.756. The van der Waals surface area contributed by atoms with Crippen molar-refractivity contribution < 1.29 is 9.84 Å². The van der Waals surface area contributed by atoms with Gasteiger partial charge in [0.25, 0.3) is 0 Å². The number of hydrogen-bond acceptors (Lipinski definition) is 6. The number of rotatable bonds is 7. The van der Waals surface area contributed by atoms with E-state index in [-0.39, 0.29) is 12.7 Å². The van der Waals surface area contributed by atoms with Crippen LogP contribution in [0.2, 0.25) is 0 Å². The van der Waals surface area contributed by atoms with E-state index in [0.717, 1.165) is 6.54 Å². The molecule has 0 saturated carbocycles. The predicted molar refractivity (Wildman–Crippen MR) is 71.8 cm³/mol. The Labute approximate surface area is 108 Å². The third-order valence-electron chi connectivity index (χ3n) is 2.44. The number of aliphatic hydroxyl groups excluding tert-OH is 1. The van der Waals surface area contributed by atoms with Gasteiger partial charge in [-0.2, -0.15) is 4.98 Å². The summed E-state index contributed by atoms with van der Waals surface area (Å²) in [6.45, 7) is 7.48. The third-order valence-corrected chi connectivity index (χ3v) is 2.44. The molecule has 3 N–H and O–H groups in total. The van der Waals surface area contributed by atoms with Crippen LogP contribution < -0.4 is 15.4 Å². The Morgan fingerprint density at radius 3 is 2.72 bits per heavy atom. The maximum absolute atomic E-state index is 8.89. The van der Waals surface area contributed by atoms with E-state index < -0.39 is 0 Å². The van der Waals surface area contributed by atoms with Gasteiger partial charge in [0.15, 0.2) is 5.82 Å². The fraction of sp³-hybridized carbons (Fsp3) is 0.667. The molecule has 0 aliphatic rings. The summed E-state index contributed by atoms with van der Waals surface area (Å²) in [5, 5.41) is 8.89. The molecule has 0 radical (unpaired) electrons. The summed E-state index contributed by atoms with van der Waals surface area (Å²) in [4.78, 5) is 10.2. The highest BCUT2D eigenvalue weighted by atomic mass is 16.5. The minimum Gasteiger partial charge on any atom is -0.473 e. The van der Waals surface area contributed by atoms with Gasteiger partial charge in [0.1, 0.15) is 12.0 Å². The second-order valence-electron chi connectivity index (χ2n) is 4.24. The van der Waals surface area contributed by atoms with Crippen LogP contribution >= 0.6 is 0 Å². The van der Waals surface area contributed by atoms with E-state index in [1.165, 1.54) is 6.33 Å². The number of nitrogen functional groups attached to an aromatic ring is 1. The first kappa shape index (κ1) is 14.5. The van der Waals surface area contributed by atoms with Gasteiger partial charge in [0.05, 0.1) is 6.10 Å². The first-order chi connectivity index (χ1) is 8.60. The van der Waals surface area contributed by atoms with Crippen LogP contribution in [0.4, 0.5) is 11.5 Å². The highest BCUT2D eigenvalue weighted by molar-refractivity contribution is 5.67. The van der Waals surface area contributed by atoms with E-state index in [2.05, 4.69) is 9.97 Å². The van der Waals surface area contributed by atoms with Gasteiger partial charge in [0.2, 0.25) is 5.88 Å². The molecule has 0 unspecified atom stereocenters. The normalized spacial score (nSPS) is 10.7. The lowest BCUT2D eigenvalue weighted by molar-refractivity contribution is 0.234. The SMILES string of the molecule is CCN(CCCO)c1ncnc(OC(C)C)c1N. The van der Waals surface area contributed by atoms with Gasteiger partial charge in [-0.3, -0.25) is 0 Å². The molecule has 1 rings (SSSR count). The number of aromatic nitrogens is 2. The summed E-state index contributed by atoms with van der Waals surface area (Å²) < 4.78 is 5.53. The Morgan fingerprint density at radius 2 is 2.17 bits per heavy atom. The van der Waals surface area contributed by atoms with Crippen LogP contribution in [0.25, 0.3) is 0 Å². The zero-order valence-corrected chi connectivity index (χ0v) is 11.3. The molecule has 18 heavy (non-hydrogen) atoms. The molecule has 0 saturated heterocycles. The molecule has 0 bridgehead atoms. The average Bonchev–Trinajstić information content (AvgIpc) is 2.33. The fourth-order valence-electron chi connectivity index (χ4n) is 1.62. The largest absolute Gasteiger partial charge is 0.473 e. The molecule has 6 heteroatoms. The van der Waals surface area contributed by atoms with E-state index in [4.69, 9.17) is 15.6 Å². The first-order valence-electron chi connectivity index (χ1n) is 6.23. The van der Waals surface area contributed by atoms with E-state index in [9.17, 15) is 0 Å². The molecule has 0 atom stereocenters. The molecule has 102 valence electrons. The van der Waals surface area contributed by atoms with Crippen LogP contribution in [0.15, 0.2) is 6.33 Å². The maximum Gasteiger partial charge on any atom is 0.242 e. The van der Waals surface area contributed by atoms with Crippen molar-refractivity contribution in [3.8, 4) is 5.88 Å². The van der Waals surface area contributed by atoms with Crippen molar-refractivity contribution in [3.63, 3.8) is 0 Å². The van der Waals surface area contributed by atoms with Crippen molar-refractivity contribution >= 4 is 11.5 Å². The smallest absolute Gasteiger partial charge is 0.242 e. The lowest BCUT2D eigenvalue weighted by Gasteiger charge is -2.23. The van der Waals surface area contributed by atoms with Gasteiger partial charge in [-0.05, 0) is 27.2 Å². The topological polar surface area (TPSA) is 84.5 Å². The third kappa shape index (κ3) is 3.73. The van der Waals surface area contributed by atoms with Crippen LogP contribution in [-0.4, -0.2) is 40.9 Å². The van der Waals surface area contributed by atoms with Crippen molar-refractivity contribution in [2.24, 2.45) is 0 Å². The lowest BCUT2D eigenvalue weighted by Crippen LogP contribution is -2.27. The molecular weight excluding hydrogens is 232 g/mol. The predicted octanol–water partition coefficient (Wildman–Crippen LogP) is 1.05. The molecule has 0 aromatic carbocycles. The van der Waals surface area contributed by atoms with Crippen LogP contribution in [-0.2, 0) is 0 Å². The van der Waals surface area contributed by atoms with Gasteiger partial charge < -0.3 is 20.5 Å². The van der Waals surface area contributed by atoms with Crippen molar-refractivity contribution in [1.82, 2.24) is 9.97 Å². The number of hydrogen-bond donors (Lipinski definition) is 2. The van der Waals surface area contributed by atoms with E-state index in [1.807, 2.05) is 25.7 Å². The monoisotopic (exact) mass is 254 g/mol. The van der Waals surface area contributed by atoms with Crippen molar-refractivity contribution in [2.75, 3.05) is 30.3 Å².